The number of hydrogen-bond donors (Lipinski definition) is 3. The summed E-state index contributed by atoms with van der Waals surface area (Å²) in [4.78, 5) is 11.1. The number of rotatable bonds is 4. The van der Waals surface area contributed by atoms with Crippen LogP contribution in [0.15, 0.2) is 0 Å². The quantitative estimate of drug-likeness (QED) is 0.403. The molecule has 3 N–H and O–H groups in total. The largest absolute Gasteiger partial charge is 0.481 e. The van der Waals surface area contributed by atoms with E-state index >= 15 is 0 Å². The second-order valence-corrected chi connectivity index (χ2v) is 11.0. The Hall–Kier alpha value is 0.442. The third-order valence-corrected chi connectivity index (χ3v) is 10.0. The van der Waals surface area contributed by atoms with E-state index in [1.54, 1.807) is 5.92 Å². The van der Waals surface area contributed by atoms with Gasteiger partial charge in [-0.3, -0.25) is 4.79 Å². The molecule has 0 aliphatic heterocycles. The maximum atomic E-state index is 11.5. The van der Waals surface area contributed by atoms with Crippen LogP contribution in [0.1, 0.15) is 85.0 Å². The van der Waals surface area contributed by atoms with Crippen LogP contribution in [-0.4, -0.2) is 33.5 Å². The summed E-state index contributed by atoms with van der Waals surface area (Å²) in [5, 5.41) is 30.7. The predicted octanol–water partition coefficient (Wildman–Crippen LogP) is 4.44. The summed E-state index contributed by atoms with van der Waals surface area (Å²) in [6, 6.07) is 0. The molecule has 4 aliphatic carbocycles. The van der Waals surface area contributed by atoms with Gasteiger partial charge in [-0.05, 0) is 61.2 Å². The predicted molar refractivity (Wildman–Crippen MR) is 108 cm³/mol. The van der Waals surface area contributed by atoms with E-state index < -0.39 is 5.97 Å². The van der Waals surface area contributed by atoms with Crippen LogP contribution in [0.25, 0.3) is 0 Å². The van der Waals surface area contributed by atoms with Crippen molar-refractivity contribution in [2.75, 3.05) is 0 Å². The van der Waals surface area contributed by atoms with E-state index in [2.05, 4.69) is 20.8 Å². The maximum Gasteiger partial charge on any atom is 0.303 e. The molecule has 5 heteroatoms. The molecule has 9 atom stereocenters. The van der Waals surface area contributed by atoms with Crippen molar-refractivity contribution in [3.05, 3.63) is 5.92 Å². The topological polar surface area (TPSA) is 77.8 Å². The molecule has 0 radical (unpaired) electrons. The fourth-order valence-electron chi connectivity index (χ4n) is 8.40. The van der Waals surface area contributed by atoms with Crippen LogP contribution in [0.2, 0.25) is 0 Å². The number of aliphatic hydroxyl groups excluding tert-OH is 2. The Bertz CT molecular complexity index is 612. The second-order valence-electron chi connectivity index (χ2n) is 11.0. The molecule has 0 bridgehead atoms. The molecule has 4 fully saturated rings. The first-order valence-electron chi connectivity index (χ1n) is 11.6. The number of carboxylic acid groups (broad SMARTS) is 1. The molecule has 4 saturated carbocycles. The first-order valence-corrected chi connectivity index (χ1v) is 11.6. The minimum atomic E-state index is -0.710. The van der Waals surface area contributed by atoms with Gasteiger partial charge in [0.15, 0.2) is 0 Å². The van der Waals surface area contributed by atoms with Crippen LogP contribution >= 0.6 is 0 Å². The van der Waals surface area contributed by atoms with Crippen LogP contribution in [0.3, 0.4) is 0 Å². The maximum absolute atomic E-state index is 11.5. The molecule has 0 spiro atoms. The smallest absolute Gasteiger partial charge is 0.303 e. The third kappa shape index (κ3) is 3.90. The first kappa shape index (κ1) is 24.1. The summed E-state index contributed by atoms with van der Waals surface area (Å²) in [7, 11) is 0. The second kappa shape index (κ2) is 8.76. The average molecular weight is 630 g/mol. The van der Waals surface area contributed by atoms with Gasteiger partial charge in [-0.2, -0.15) is 11.8 Å². The van der Waals surface area contributed by atoms with Crippen LogP contribution in [-0.2, 0) is 4.79 Å². The SMILES string of the molecule is C[C@H](CCC(=O)O)[C@H]1CCC2C3CC[C-]4C[C@H](O)CC[C@]4(C)C3C[C@H](O)[C@@]21C.[U]. The summed E-state index contributed by atoms with van der Waals surface area (Å²) >= 11 is 0. The Balaban J connectivity index is 0.00000240. The number of hydrogen-bond acceptors (Lipinski definition) is 3. The van der Waals surface area contributed by atoms with Gasteiger partial charge in [-0.25, -0.2) is 0 Å². The van der Waals surface area contributed by atoms with Gasteiger partial charge in [-0.1, -0.05) is 39.5 Å². The van der Waals surface area contributed by atoms with Gasteiger partial charge in [0, 0.05) is 43.6 Å². The van der Waals surface area contributed by atoms with Crippen molar-refractivity contribution >= 4 is 5.97 Å². The molecule has 0 aromatic carbocycles. The molecular weight excluding hydrogens is 590 g/mol. The van der Waals surface area contributed by atoms with Crippen LogP contribution in [0, 0.1) is 77.5 Å². The number of carboxylic acids is 1. The molecule has 0 aromatic heterocycles. The van der Waals surface area contributed by atoms with Crippen LogP contribution in [0.4, 0.5) is 0 Å². The van der Waals surface area contributed by atoms with E-state index in [1.165, 1.54) is 12.8 Å². The zero-order valence-electron chi connectivity index (χ0n) is 18.4. The third-order valence-electron chi connectivity index (χ3n) is 10.0. The van der Waals surface area contributed by atoms with Gasteiger partial charge in [0.2, 0.25) is 0 Å². The molecule has 0 heterocycles. The van der Waals surface area contributed by atoms with E-state index in [-0.39, 0.29) is 60.6 Å². The standard InChI is InChI=1S/C24H39O4.U/c1-14(4-9-22(27)28)18-7-8-19-17-6-5-15-12-16(25)10-11-23(15,2)20(17)13-21(26)24(18,19)3;/h14,16-21,25-26H,4-13H2,1-3H3,(H,27,28);/q-1;/t14-,16-,17?,18-,19?,20?,21+,23+,24-;/m1./s1. The van der Waals surface area contributed by atoms with Gasteiger partial charge in [0.25, 0.3) is 0 Å². The molecule has 4 nitrogen and oxygen atoms in total. The van der Waals surface area contributed by atoms with E-state index in [0.717, 1.165) is 44.9 Å². The molecule has 164 valence electrons. The Morgan fingerprint density at radius 3 is 2.55 bits per heavy atom. The number of aliphatic hydroxyl groups is 2. The summed E-state index contributed by atoms with van der Waals surface area (Å²) in [6.07, 6.45) is 8.90. The molecule has 0 amide bonds. The van der Waals surface area contributed by atoms with E-state index in [4.69, 9.17) is 5.11 Å². The normalized spacial score (nSPS) is 48.0. The Morgan fingerprint density at radius 1 is 1.14 bits per heavy atom. The van der Waals surface area contributed by atoms with Crippen molar-refractivity contribution in [3.8, 4) is 0 Å². The van der Waals surface area contributed by atoms with Crippen LogP contribution in [0.5, 0.6) is 0 Å². The summed E-state index contributed by atoms with van der Waals surface area (Å²) < 4.78 is 0. The number of carbonyl (C=O) groups is 1. The number of aliphatic carboxylic acids is 1. The molecule has 4 aliphatic rings. The molecule has 3 unspecified atom stereocenters. The Kier molecular flexibility index (Phi) is 7.28. The van der Waals surface area contributed by atoms with Gasteiger partial charge >= 0.3 is 5.97 Å². The van der Waals surface area contributed by atoms with Gasteiger partial charge in [-0.15, -0.1) is 6.42 Å². The molecule has 0 saturated heterocycles. The molecule has 29 heavy (non-hydrogen) atoms. The summed E-state index contributed by atoms with van der Waals surface area (Å²) in [6.45, 7) is 6.94. The fraction of sp³-hybridized carbons (Fsp3) is 0.917. The van der Waals surface area contributed by atoms with Crippen molar-refractivity contribution in [2.24, 2.45) is 40.4 Å². The van der Waals surface area contributed by atoms with Gasteiger partial charge in [0.1, 0.15) is 0 Å². The molecular formula is C24H39O4U-. The molecule has 0 aromatic rings. The van der Waals surface area contributed by atoms with Crippen molar-refractivity contribution in [1.29, 1.82) is 0 Å². The van der Waals surface area contributed by atoms with E-state index in [1.807, 2.05) is 0 Å². The fourth-order valence-corrected chi connectivity index (χ4v) is 8.40. The first-order chi connectivity index (χ1) is 13.2. The van der Waals surface area contributed by atoms with Gasteiger partial charge in [0.05, 0.1) is 6.10 Å². The average Bonchev–Trinajstić information content (AvgIpc) is 3.00. The Morgan fingerprint density at radius 2 is 1.86 bits per heavy atom. The van der Waals surface area contributed by atoms with E-state index in [9.17, 15) is 15.0 Å². The Labute approximate surface area is 200 Å². The summed E-state index contributed by atoms with van der Waals surface area (Å²) in [5.41, 5.74) is 0.124. The summed E-state index contributed by atoms with van der Waals surface area (Å²) in [5.74, 6) is 3.41. The van der Waals surface area contributed by atoms with Gasteiger partial charge < -0.3 is 21.2 Å². The zero-order valence-corrected chi connectivity index (χ0v) is 22.5. The van der Waals surface area contributed by atoms with Crippen molar-refractivity contribution in [1.82, 2.24) is 0 Å². The zero-order chi connectivity index (χ0) is 20.3. The minimum Gasteiger partial charge on any atom is -0.481 e. The van der Waals surface area contributed by atoms with Crippen molar-refractivity contribution in [2.45, 2.75) is 97.2 Å². The monoisotopic (exact) mass is 629 g/mol. The molecule has 4 rings (SSSR count). The van der Waals surface area contributed by atoms with E-state index in [0.29, 0.717) is 29.6 Å². The van der Waals surface area contributed by atoms with Crippen LogP contribution < -0.4 is 0 Å². The minimum absolute atomic E-state index is 0. The number of fused-ring (bicyclic) bond motifs is 5. The van der Waals surface area contributed by atoms with Crippen molar-refractivity contribution < 1.29 is 51.2 Å². The van der Waals surface area contributed by atoms with Crippen molar-refractivity contribution in [3.63, 3.8) is 0 Å².